The lowest BCUT2D eigenvalue weighted by Crippen LogP contribution is -2.26. The lowest BCUT2D eigenvalue weighted by atomic mass is 9.97. The fourth-order valence-electron chi connectivity index (χ4n) is 4.46. The Hall–Kier alpha value is -0.240. The van der Waals surface area contributed by atoms with Crippen molar-refractivity contribution in [2.45, 2.75) is 155 Å². The molecular weight excluding hydrogens is 392 g/mol. The minimum atomic E-state index is -0.124. The summed E-state index contributed by atoms with van der Waals surface area (Å²) in [7, 11) is 0. The summed E-state index contributed by atoms with van der Waals surface area (Å²) in [5.41, 5.74) is -0.124. The Kier molecular flexibility index (Phi) is 17.0. The highest BCUT2D eigenvalue weighted by Gasteiger charge is 2.50. The van der Waals surface area contributed by atoms with Crippen LogP contribution in [0.1, 0.15) is 149 Å². The Bertz CT molecular complexity index is 390. The van der Waals surface area contributed by atoms with Gasteiger partial charge in [0.25, 0.3) is 0 Å². The molecule has 0 aromatic rings. The molecule has 1 aliphatic carbocycles. The number of hydrogen-bond donors (Lipinski definition) is 0. The van der Waals surface area contributed by atoms with Crippen molar-refractivity contribution in [1.82, 2.24) is 0 Å². The highest BCUT2D eigenvalue weighted by Crippen LogP contribution is 2.51. The maximum Gasteiger partial charge on any atom is 0.312 e. The molecule has 1 fully saturated rings. The number of unbranched alkanes of at least 4 members (excludes halogenated alkanes) is 13. The summed E-state index contributed by atoms with van der Waals surface area (Å²) in [6, 6.07) is 0. The summed E-state index contributed by atoms with van der Waals surface area (Å²) in [4.78, 5) is 13.0. The maximum atomic E-state index is 13.0. The lowest BCUT2D eigenvalue weighted by Gasteiger charge is -2.22. The van der Waals surface area contributed by atoms with Crippen molar-refractivity contribution in [3.63, 3.8) is 0 Å². The number of alkyl halides is 1. The second-order valence-corrected chi connectivity index (χ2v) is 10.2. The van der Waals surface area contributed by atoms with Gasteiger partial charge in [-0.2, -0.15) is 0 Å². The van der Waals surface area contributed by atoms with E-state index in [1.54, 1.807) is 0 Å². The largest absolute Gasteiger partial charge is 0.462 e. The van der Waals surface area contributed by atoms with E-state index in [0.29, 0.717) is 0 Å². The van der Waals surface area contributed by atoms with Gasteiger partial charge in [0.1, 0.15) is 6.10 Å². The van der Waals surface area contributed by atoms with Gasteiger partial charge in [-0.3, -0.25) is 4.79 Å². The first kappa shape index (κ1) is 27.8. The van der Waals surface area contributed by atoms with Gasteiger partial charge in [0.05, 0.1) is 5.41 Å². The molecule has 1 rings (SSSR count). The molecular formula is C27H51ClO2. The van der Waals surface area contributed by atoms with Gasteiger partial charge in [0, 0.05) is 5.88 Å². The van der Waals surface area contributed by atoms with Crippen molar-refractivity contribution >= 4 is 17.6 Å². The van der Waals surface area contributed by atoms with Crippen LogP contribution in [0, 0.1) is 5.41 Å². The molecule has 3 heteroatoms. The number of halogens is 1. The molecule has 0 unspecified atom stereocenters. The predicted octanol–water partition coefficient (Wildman–Crippen LogP) is 9.37. The Morgan fingerprint density at radius 3 is 1.70 bits per heavy atom. The molecule has 1 aliphatic rings. The summed E-state index contributed by atoms with van der Waals surface area (Å²) in [6.07, 6.45) is 25.7. The normalized spacial score (nSPS) is 14.9. The van der Waals surface area contributed by atoms with Gasteiger partial charge in [-0.15, -0.1) is 11.6 Å². The third kappa shape index (κ3) is 13.2. The molecule has 0 bridgehead atoms. The Morgan fingerprint density at radius 1 is 0.733 bits per heavy atom. The first-order chi connectivity index (χ1) is 14.7. The van der Waals surface area contributed by atoms with Gasteiger partial charge in [0.2, 0.25) is 0 Å². The van der Waals surface area contributed by atoms with Crippen LogP contribution in [0.5, 0.6) is 0 Å². The van der Waals surface area contributed by atoms with E-state index >= 15 is 0 Å². The monoisotopic (exact) mass is 442 g/mol. The number of carbonyl (C=O) groups excluding carboxylic acids is 1. The van der Waals surface area contributed by atoms with Crippen LogP contribution in [-0.4, -0.2) is 18.0 Å². The molecule has 0 aliphatic heterocycles. The highest BCUT2D eigenvalue weighted by atomic mass is 35.5. The van der Waals surface area contributed by atoms with E-state index < -0.39 is 0 Å². The van der Waals surface area contributed by atoms with Crippen molar-refractivity contribution in [3.8, 4) is 0 Å². The minimum absolute atomic E-state index is 0.124. The molecule has 0 amide bonds. The maximum absolute atomic E-state index is 13.0. The third-order valence-electron chi connectivity index (χ3n) is 6.86. The van der Waals surface area contributed by atoms with Crippen molar-refractivity contribution in [2.75, 3.05) is 5.88 Å². The highest BCUT2D eigenvalue weighted by molar-refractivity contribution is 6.17. The summed E-state index contributed by atoms with van der Waals surface area (Å²) in [6.45, 7) is 4.53. The average Bonchev–Trinajstić information content (AvgIpc) is 3.53. The van der Waals surface area contributed by atoms with Gasteiger partial charge in [-0.25, -0.2) is 0 Å². The van der Waals surface area contributed by atoms with E-state index in [-0.39, 0.29) is 17.5 Å². The van der Waals surface area contributed by atoms with E-state index in [4.69, 9.17) is 16.3 Å². The third-order valence-corrected chi connectivity index (χ3v) is 7.13. The lowest BCUT2D eigenvalue weighted by molar-refractivity contribution is -0.157. The van der Waals surface area contributed by atoms with Gasteiger partial charge in [-0.1, -0.05) is 97.3 Å². The van der Waals surface area contributed by atoms with Crippen LogP contribution in [0.3, 0.4) is 0 Å². The Balaban J connectivity index is 2.35. The van der Waals surface area contributed by atoms with Crippen LogP contribution < -0.4 is 0 Å². The molecule has 0 atom stereocenters. The molecule has 0 N–H and O–H groups in total. The quantitative estimate of drug-likeness (QED) is 0.0947. The molecule has 0 aromatic heterocycles. The zero-order valence-electron chi connectivity index (χ0n) is 20.3. The molecule has 30 heavy (non-hydrogen) atoms. The van der Waals surface area contributed by atoms with Crippen LogP contribution in [0.4, 0.5) is 0 Å². The van der Waals surface area contributed by atoms with Crippen molar-refractivity contribution in [3.05, 3.63) is 0 Å². The van der Waals surface area contributed by atoms with Crippen LogP contribution in [0.2, 0.25) is 0 Å². The first-order valence-corrected chi connectivity index (χ1v) is 14.0. The summed E-state index contributed by atoms with van der Waals surface area (Å²) >= 11 is 5.77. The standard InChI is InChI=1S/C27H51ClO2/c1-3-5-7-9-11-15-19-25(20-16-12-10-8-6-4-2)30-26(29)27(22-23-27)21-17-13-14-18-24-28/h25H,3-24H2,1-2H3. The van der Waals surface area contributed by atoms with Gasteiger partial charge >= 0.3 is 5.97 Å². The van der Waals surface area contributed by atoms with Gasteiger partial charge in [-0.05, 0) is 51.4 Å². The molecule has 0 spiro atoms. The molecule has 0 saturated heterocycles. The molecule has 1 saturated carbocycles. The van der Waals surface area contributed by atoms with E-state index in [2.05, 4.69) is 13.8 Å². The van der Waals surface area contributed by atoms with Crippen LogP contribution in [0.25, 0.3) is 0 Å². The number of carbonyl (C=O) groups is 1. The number of ether oxygens (including phenoxy) is 1. The van der Waals surface area contributed by atoms with E-state index in [1.807, 2.05) is 0 Å². The molecule has 0 heterocycles. The summed E-state index contributed by atoms with van der Waals surface area (Å²) in [5.74, 6) is 0.882. The fraction of sp³-hybridized carbons (Fsp3) is 0.963. The van der Waals surface area contributed by atoms with Crippen molar-refractivity contribution in [1.29, 1.82) is 0 Å². The SMILES string of the molecule is CCCCCCCCC(CCCCCCCC)OC(=O)C1(CCCCCCCl)CC1. The fourth-order valence-corrected chi connectivity index (χ4v) is 4.65. The molecule has 2 nitrogen and oxygen atoms in total. The molecule has 0 aromatic carbocycles. The van der Waals surface area contributed by atoms with Crippen LogP contribution in [0.15, 0.2) is 0 Å². The van der Waals surface area contributed by atoms with Crippen molar-refractivity contribution < 1.29 is 9.53 Å². The Morgan fingerprint density at radius 2 is 1.20 bits per heavy atom. The van der Waals surface area contributed by atoms with Crippen LogP contribution in [-0.2, 0) is 9.53 Å². The second kappa shape index (κ2) is 18.3. The number of esters is 1. The van der Waals surface area contributed by atoms with Gasteiger partial charge in [0.15, 0.2) is 0 Å². The molecule has 0 radical (unpaired) electrons. The zero-order valence-corrected chi connectivity index (χ0v) is 21.1. The average molecular weight is 443 g/mol. The summed E-state index contributed by atoms with van der Waals surface area (Å²) < 4.78 is 6.15. The Labute approximate surface area is 193 Å². The minimum Gasteiger partial charge on any atom is -0.462 e. The van der Waals surface area contributed by atoms with E-state index in [9.17, 15) is 4.79 Å². The topological polar surface area (TPSA) is 26.3 Å². The van der Waals surface area contributed by atoms with E-state index in [1.165, 1.54) is 89.9 Å². The van der Waals surface area contributed by atoms with Gasteiger partial charge < -0.3 is 4.74 Å². The van der Waals surface area contributed by atoms with Crippen LogP contribution >= 0.6 is 11.6 Å². The second-order valence-electron chi connectivity index (χ2n) is 9.77. The first-order valence-electron chi connectivity index (χ1n) is 13.5. The number of rotatable bonds is 22. The van der Waals surface area contributed by atoms with E-state index in [0.717, 1.165) is 50.8 Å². The zero-order chi connectivity index (χ0) is 21.9. The predicted molar refractivity (Wildman–Crippen MR) is 131 cm³/mol. The smallest absolute Gasteiger partial charge is 0.312 e. The van der Waals surface area contributed by atoms with Crippen molar-refractivity contribution in [2.24, 2.45) is 5.41 Å². The number of hydrogen-bond acceptors (Lipinski definition) is 2. The molecule has 178 valence electrons. The summed E-state index contributed by atoms with van der Waals surface area (Å²) in [5, 5.41) is 0.